The molecule has 1 amide bonds. The van der Waals surface area contributed by atoms with Crippen LogP contribution in [0.5, 0.6) is 17.2 Å². The molecule has 148 valence electrons. The third-order valence-corrected chi connectivity index (χ3v) is 4.76. The van der Waals surface area contributed by atoms with E-state index in [1.54, 1.807) is 18.2 Å². The summed E-state index contributed by atoms with van der Waals surface area (Å²) < 4.78 is 21.8. The van der Waals surface area contributed by atoms with Gasteiger partial charge in [-0.05, 0) is 58.2 Å². The van der Waals surface area contributed by atoms with Gasteiger partial charge in [-0.3, -0.25) is 4.79 Å². The number of fused-ring (bicyclic) bond motifs is 1. The van der Waals surface area contributed by atoms with Crippen LogP contribution in [0.15, 0.2) is 40.9 Å². The molecule has 0 saturated heterocycles. The maximum absolute atomic E-state index is 12.2. The van der Waals surface area contributed by atoms with E-state index in [1.807, 2.05) is 18.2 Å². The zero-order valence-electron chi connectivity index (χ0n) is 15.3. The van der Waals surface area contributed by atoms with Gasteiger partial charge in [-0.2, -0.15) is 0 Å². The van der Waals surface area contributed by atoms with Gasteiger partial charge in [0.2, 0.25) is 0 Å². The number of halogens is 1. The summed E-state index contributed by atoms with van der Waals surface area (Å²) in [6.07, 6.45) is 0.623. The van der Waals surface area contributed by atoms with Crippen molar-refractivity contribution in [3.63, 3.8) is 0 Å². The molecule has 1 N–H and O–H groups in total. The molecular weight excluding hydrogens is 430 g/mol. The van der Waals surface area contributed by atoms with Crippen LogP contribution in [0.2, 0.25) is 0 Å². The van der Waals surface area contributed by atoms with Crippen molar-refractivity contribution >= 4 is 27.8 Å². The van der Waals surface area contributed by atoms with Gasteiger partial charge >= 0.3 is 5.97 Å². The van der Waals surface area contributed by atoms with Crippen LogP contribution in [0.3, 0.4) is 0 Å². The van der Waals surface area contributed by atoms with Crippen molar-refractivity contribution in [3.8, 4) is 17.2 Å². The standard InChI is InChI=1S/C20H20BrNO6/c1-25-14-3-4-16(21)15(11-14)20(24)28-12-19(23)22-7-6-13-2-5-17-18(10-13)27-9-8-26-17/h2-5,10-11H,6-9,12H2,1H3,(H,22,23). The Kier molecular flexibility index (Phi) is 6.76. The second-order valence-corrected chi connectivity index (χ2v) is 6.85. The fraction of sp³-hybridized carbons (Fsp3) is 0.300. The Bertz CT molecular complexity index is 870. The van der Waals surface area contributed by atoms with Crippen molar-refractivity contribution in [3.05, 3.63) is 52.0 Å². The molecule has 1 heterocycles. The molecule has 2 aromatic carbocycles. The van der Waals surface area contributed by atoms with Gasteiger partial charge < -0.3 is 24.3 Å². The van der Waals surface area contributed by atoms with Gasteiger partial charge in [0.05, 0.1) is 12.7 Å². The van der Waals surface area contributed by atoms with Crippen LogP contribution in [0.1, 0.15) is 15.9 Å². The van der Waals surface area contributed by atoms with E-state index in [2.05, 4.69) is 21.2 Å². The molecule has 28 heavy (non-hydrogen) atoms. The number of carbonyl (C=O) groups is 2. The molecule has 0 aliphatic carbocycles. The van der Waals surface area contributed by atoms with E-state index in [0.29, 0.717) is 47.7 Å². The van der Waals surface area contributed by atoms with E-state index in [9.17, 15) is 9.59 Å². The molecule has 0 atom stereocenters. The van der Waals surface area contributed by atoms with Gasteiger partial charge in [0.25, 0.3) is 5.91 Å². The molecule has 0 fully saturated rings. The molecule has 0 radical (unpaired) electrons. The summed E-state index contributed by atoms with van der Waals surface area (Å²) in [6, 6.07) is 10.6. The molecule has 0 unspecified atom stereocenters. The summed E-state index contributed by atoms with van der Waals surface area (Å²) >= 11 is 3.29. The van der Waals surface area contributed by atoms with Gasteiger partial charge in [0, 0.05) is 11.0 Å². The van der Waals surface area contributed by atoms with Crippen LogP contribution in [0.4, 0.5) is 0 Å². The number of esters is 1. The first-order chi connectivity index (χ1) is 13.6. The quantitative estimate of drug-likeness (QED) is 0.654. The third-order valence-electron chi connectivity index (χ3n) is 4.07. The number of ether oxygens (including phenoxy) is 4. The molecule has 1 aliphatic rings. The maximum atomic E-state index is 12.2. The number of rotatable bonds is 7. The van der Waals surface area contributed by atoms with Crippen molar-refractivity contribution in [1.29, 1.82) is 0 Å². The Balaban J connectivity index is 1.44. The smallest absolute Gasteiger partial charge is 0.339 e. The van der Waals surface area contributed by atoms with Crippen molar-refractivity contribution in [2.75, 3.05) is 33.5 Å². The van der Waals surface area contributed by atoms with E-state index in [0.717, 1.165) is 11.3 Å². The zero-order valence-corrected chi connectivity index (χ0v) is 16.9. The predicted octanol–water partition coefficient (Wildman–Crippen LogP) is 2.74. The van der Waals surface area contributed by atoms with Crippen LogP contribution in [-0.2, 0) is 16.0 Å². The average Bonchev–Trinajstić information content (AvgIpc) is 2.72. The summed E-state index contributed by atoms with van der Waals surface area (Å²) in [5.74, 6) is 0.999. The van der Waals surface area contributed by atoms with Crippen LogP contribution >= 0.6 is 15.9 Å². The minimum Gasteiger partial charge on any atom is -0.497 e. The van der Waals surface area contributed by atoms with Crippen LogP contribution < -0.4 is 19.5 Å². The van der Waals surface area contributed by atoms with Crippen LogP contribution in [0, 0.1) is 0 Å². The molecule has 7 nitrogen and oxygen atoms in total. The summed E-state index contributed by atoms with van der Waals surface area (Å²) in [4.78, 5) is 24.1. The second-order valence-electron chi connectivity index (χ2n) is 6.00. The molecule has 0 saturated carbocycles. The predicted molar refractivity (Wildman–Crippen MR) is 105 cm³/mol. The van der Waals surface area contributed by atoms with Crippen LogP contribution in [0.25, 0.3) is 0 Å². The Labute approximate surface area is 171 Å². The van der Waals surface area contributed by atoms with Crippen molar-refractivity contribution in [2.24, 2.45) is 0 Å². The number of nitrogens with one attached hydrogen (secondary N) is 1. The number of hydrogen-bond acceptors (Lipinski definition) is 6. The minimum atomic E-state index is -0.604. The summed E-state index contributed by atoms with van der Waals surface area (Å²) in [5.41, 5.74) is 1.31. The highest BCUT2D eigenvalue weighted by Crippen LogP contribution is 2.30. The zero-order chi connectivity index (χ0) is 19.9. The summed E-state index contributed by atoms with van der Waals surface area (Å²) in [5, 5.41) is 2.73. The molecule has 3 rings (SSSR count). The van der Waals surface area contributed by atoms with Gasteiger partial charge in [0.1, 0.15) is 19.0 Å². The highest BCUT2D eigenvalue weighted by Gasteiger charge is 2.15. The van der Waals surface area contributed by atoms with E-state index < -0.39 is 5.97 Å². The number of benzene rings is 2. The van der Waals surface area contributed by atoms with Crippen LogP contribution in [-0.4, -0.2) is 45.4 Å². The third kappa shape index (κ3) is 5.16. The number of carbonyl (C=O) groups excluding carboxylic acids is 2. The highest BCUT2D eigenvalue weighted by molar-refractivity contribution is 9.10. The van der Waals surface area contributed by atoms with E-state index in [1.165, 1.54) is 7.11 Å². The fourth-order valence-electron chi connectivity index (χ4n) is 2.64. The Morgan fingerprint density at radius 2 is 1.89 bits per heavy atom. The first-order valence-electron chi connectivity index (χ1n) is 8.72. The molecule has 2 aromatic rings. The fourth-order valence-corrected chi connectivity index (χ4v) is 3.05. The molecule has 0 spiro atoms. The van der Waals surface area contributed by atoms with Crippen molar-refractivity contribution in [2.45, 2.75) is 6.42 Å². The van der Waals surface area contributed by atoms with E-state index in [-0.39, 0.29) is 12.5 Å². The van der Waals surface area contributed by atoms with E-state index in [4.69, 9.17) is 18.9 Å². The summed E-state index contributed by atoms with van der Waals surface area (Å²) in [6.45, 7) is 1.14. The first-order valence-corrected chi connectivity index (χ1v) is 9.52. The number of methoxy groups -OCH3 is 1. The van der Waals surface area contributed by atoms with Crippen molar-refractivity contribution in [1.82, 2.24) is 5.32 Å². The lowest BCUT2D eigenvalue weighted by Gasteiger charge is -2.18. The average molecular weight is 450 g/mol. The largest absolute Gasteiger partial charge is 0.497 e. The Hall–Kier alpha value is -2.74. The topological polar surface area (TPSA) is 83.1 Å². The molecule has 1 aliphatic heterocycles. The molecule has 0 aromatic heterocycles. The lowest BCUT2D eigenvalue weighted by Crippen LogP contribution is -2.30. The van der Waals surface area contributed by atoms with Gasteiger partial charge in [-0.1, -0.05) is 6.07 Å². The first kappa shape index (κ1) is 20.0. The lowest BCUT2D eigenvalue weighted by molar-refractivity contribution is -0.124. The molecule has 0 bridgehead atoms. The maximum Gasteiger partial charge on any atom is 0.339 e. The number of amides is 1. The van der Waals surface area contributed by atoms with Gasteiger partial charge in [-0.15, -0.1) is 0 Å². The lowest BCUT2D eigenvalue weighted by atomic mass is 10.1. The second kappa shape index (κ2) is 9.45. The minimum absolute atomic E-state index is 0.295. The molecule has 8 heteroatoms. The highest BCUT2D eigenvalue weighted by atomic mass is 79.9. The van der Waals surface area contributed by atoms with Gasteiger partial charge in [0.15, 0.2) is 18.1 Å². The normalized spacial score (nSPS) is 12.2. The Morgan fingerprint density at radius 3 is 2.68 bits per heavy atom. The SMILES string of the molecule is COc1ccc(Br)c(C(=O)OCC(=O)NCCc2ccc3c(c2)OCCO3)c1. The molecular formula is C20H20BrNO6. The van der Waals surface area contributed by atoms with Crippen molar-refractivity contribution < 1.29 is 28.5 Å². The van der Waals surface area contributed by atoms with E-state index >= 15 is 0 Å². The monoisotopic (exact) mass is 449 g/mol. The number of hydrogen-bond donors (Lipinski definition) is 1. The van der Waals surface area contributed by atoms with Gasteiger partial charge in [-0.25, -0.2) is 4.79 Å². The summed E-state index contributed by atoms with van der Waals surface area (Å²) in [7, 11) is 1.51. The Morgan fingerprint density at radius 1 is 1.11 bits per heavy atom.